The number of rotatable bonds is 7. The molecule has 0 aliphatic heterocycles. The van der Waals surface area contributed by atoms with Gasteiger partial charge in [-0.05, 0) is 24.6 Å². The maximum atomic E-state index is 9.60. The van der Waals surface area contributed by atoms with Crippen LogP contribution < -0.4 is 10.2 Å². The summed E-state index contributed by atoms with van der Waals surface area (Å²) in [5.41, 5.74) is 2.95. The van der Waals surface area contributed by atoms with Gasteiger partial charge in [-0.25, -0.2) is 19.9 Å². The van der Waals surface area contributed by atoms with Gasteiger partial charge in [-0.3, -0.25) is 0 Å². The predicted molar refractivity (Wildman–Crippen MR) is 97.1 cm³/mol. The Hall–Kier alpha value is -2.88. The fourth-order valence-electron chi connectivity index (χ4n) is 2.53. The van der Waals surface area contributed by atoms with E-state index in [-0.39, 0.29) is 19.2 Å². The van der Waals surface area contributed by atoms with Gasteiger partial charge in [0.1, 0.15) is 24.1 Å². The Balaban J connectivity index is 2.02. The van der Waals surface area contributed by atoms with Gasteiger partial charge < -0.3 is 25.5 Å². The Labute approximate surface area is 150 Å². The van der Waals surface area contributed by atoms with Crippen LogP contribution in [0.2, 0.25) is 0 Å². The SMILES string of the molecule is Cc1cccc(Nc2ncnc3cnc(N(CO)C(CO)CO)nc23)c1. The van der Waals surface area contributed by atoms with E-state index in [9.17, 15) is 15.3 Å². The average Bonchev–Trinajstić information content (AvgIpc) is 2.66. The van der Waals surface area contributed by atoms with Crippen LogP contribution in [-0.4, -0.2) is 61.2 Å². The summed E-state index contributed by atoms with van der Waals surface area (Å²) in [6.45, 7) is 0.842. The van der Waals surface area contributed by atoms with E-state index >= 15 is 0 Å². The number of aliphatic hydroxyl groups excluding tert-OH is 3. The molecule has 0 fully saturated rings. The molecule has 2 heterocycles. The second-order valence-corrected chi connectivity index (χ2v) is 5.75. The maximum Gasteiger partial charge on any atom is 0.228 e. The molecule has 1 aromatic carbocycles. The van der Waals surface area contributed by atoms with Crippen LogP contribution in [0.15, 0.2) is 36.8 Å². The van der Waals surface area contributed by atoms with E-state index in [1.807, 2.05) is 31.2 Å². The molecule has 0 aliphatic carbocycles. The molecule has 0 saturated heterocycles. The van der Waals surface area contributed by atoms with Gasteiger partial charge in [-0.15, -0.1) is 0 Å². The first-order valence-corrected chi connectivity index (χ1v) is 8.07. The Morgan fingerprint density at radius 2 is 1.92 bits per heavy atom. The summed E-state index contributed by atoms with van der Waals surface area (Å²) in [4.78, 5) is 18.3. The van der Waals surface area contributed by atoms with Crippen LogP contribution in [-0.2, 0) is 0 Å². The van der Waals surface area contributed by atoms with Gasteiger partial charge in [0.15, 0.2) is 5.82 Å². The molecule has 0 spiro atoms. The van der Waals surface area contributed by atoms with Crippen LogP contribution in [0.5, 0.6) is 0 Å². The lowest BCUT2D eigenvalue weighted by Crippen LogP contribution is -2.42. The van der Waals surface area contributed by atoms with Crippen molar-refractivity contribution in [2.75, 3.05) is 30.2 Å². The third-order valence-corrected chi connectivity index (χ3v) is 3.92. The molecule has 0 saturated carbocycles. The third kappa shape index (κ3) is 3.69. The molecule has 0 atom stereocenters. The number of aliphatic hydroxyl groups is 3. The summed E-state index contributed by atoms with van der Waals surface area (Å²) in [5.74, 6) is 0.655. The van der Waals surface area contributed by atoms with Crippen LogP contribution in [0.25, 0.3) is 11.0 Å². The summed E-state index contributed by atoms with van der Waals surface area (Å²) < 4.78 is 0. The van der Waals surface area contributed by atoms with E-state index in [1.54, 1.807) is 0 Å². The van der Waals surface area contributed by atoms with Crippen molar-refractivity contribution in [3.05, 3.63) is 42.4 Å². The van der Waals surface area contributed by atoms with E-state index in [1.165, 1.54) is 17.4 Å². The van der Waals surface area contributed by atoms with Gasteiger partial charge in [0.25, 0.3) is 0 Å². The number of nitrogens with zero attached hydrogens (tertiary/aromatic N) is 5. The van der Waals surface area contributed by atoms with Gasteiger partial charge in [-0.1, -0.05) is 12.1 Å². The first-order valence-electron chi connectivity index (χ1n) is 8.07. The smallest absolute Gasteiger partial charge is 0.228 e. The first kappa shape index (κ1) is 17.9. The maximum absolute atomic E-state index is 9.60. The van der Waals surface area contributed by atoms with Crippen LogP contribution in [0, 0.1) is 6.92 Å². The lowest BCUT2D eigenvalue weighted by molar-refractivity contribution is 0.164. The molecule has 3 aromatic rings. The van der Waals surface area contributed by atoms with Crippen LogP contribution >= 0.6 is 0 Å². The number of fused-ring (bicyclic) bond motifs is 1. The molecule has 2 aromatic heterocycles. The van der Waals surface area contributed by atoms with E-state index in [0.29, 0.717) is 16.9 Å². The Bertz CT molecular complexity index is 887. The number of hydrogen-bond donors (Lipinski definition) is 4. The fraction of sp³-hybridized carbons (Fsp3) is 0.294. The van der Waals surface area contributed by atoms with Gasteiger partial charge in [0, 0.05) is 5.69 Å². The highest BCUT2D eigenvalue weighted by Crippen LogP contribution is 2.23. The second-order valence-electron chi connectivity index (χ2n) is 5.75. The second kappa shape index (κ2) is 8.00. The average molecular weight is 356 g/mol. The van der Waals surface area contributed by atoms with Crippen molar-refractivity contribution >= 4 is 28.5 Å². The van der Waals surface area contributed by atoms with Crippen molar-refractivity contribution in [3.8, 4) is 0 Å². The molecular weight excluding hydrogens is 336 g/mol. The Morgan fingerprint density at radius 1 is 1.12 bits per heavy atom. The van der Waals surface area contributed by atoms with Crippen LogP contribution in [0.3, 0.4) is 0 Å². The van der Waals surface area contributed by atoms with Gasteiger partial charge >= 0.3 is 0 Å². The van der Waals surface area contributed by atoms with E-state index < -0.39 is 12.8 Å². The summed E-state index contributed by atoms with van der Waals surface area (Å²) >= 11 is 0. The quantitative estimate of drug-likeness (QED) is 0.449. The number of benzene rings is 1. The molecule has 136 valence electrons. The zero-order valence-electron chi connectivity index (χ0n) is 14.2. The first-order chi connectivity index (χ1) is 12.7. The third-order valence-electron chi connectivity index (χ3n) is 3.92. The van der Waals surface area contributed by atoms with E-state index in [4.69, 9.17) is 0 Å². The predicted octanol–water partition coefficient (Wildman–Crippen LogP) is 0.581. The molecule has 0 bridgehead atoms. The molecule has 4 N–H and O–H groups in total. The molecule has 0 aliphatic rings. The molecular formula is C17H20N6O3. The zero-order chi connectivity index (χ0) is 18.5. The van der Waals surface area contributed by atoms with E-state index in [0.717, 1.165) is 11.3 Å². The minimum absolute atomic E-state index is 0.162. The topological polar surface area (TPSA) is 128 Å². The number of aryl methyl sites for hydroxylation is 1. The van der Waals surface area contributed by atoms with Gasteiger partial charge in [-0.2, -0.15) is 0 Å². The highest BCUT2D eigenvalue weighted by Gasteiger charge is 2.20. The number of anilines is 3. The summed E-state index contributed by atoms with van der Waals surface area (Å²) in [6, 6.07) is 7.10. The Morgan fingerprint density at radius 3 is 2.62 bits per heavy atom. The molecule has 0 unspecified atom stereocenters. The summed E-state index contributed by atoms with van der Waals surface area (Å²) in [5, 5.41) is 31.5. The molecule has 9 heteroatoms. The van der Waals surface area contributed by atoms with Crippen LogP contribution in [0.4, 0.5) is 17.5 Å². The molecule has 26 heavy (non-hydrogen) atoms. The summed E-state index contributed by atoms with van der Waals surface area (Å²) in [7, 11) is 0. The van der Waals surface area contributed by atoms with Crippen LogP contribution in [0.1, 0.15) is 5.56 Å². The van der Waals surface area contributed by atoms with Crippen molar-refractivity contribution in [2.45, 2.75) is 13.0 Å². The molecule has 3 rings (SSSR count). The van der Waals surface area contributed by atoms with Gasteiger partial charge in [0.2, 0.25) is 5.95 Å². The van der Waals surface area contributed by atoms with Crippen molar-refractivity contribution in [1.82, 2.24) is 19.9 Å². The van der Waals surface area contributed by atoms with E-state index in [2.05, 4.69) is 25.3 Å². The van der Waals surface area contributed by atoms with Crippen molar-refractivity contribution in [3.63, 3.8) is 0 Å². The lowest BCUT2D eigenvalue weighted by Gasteiger charge is -2.27. The number of nitrogens with one attached hydrogen (secondary N) is 1. The van der Waals surface area contributed by atoms with Gasteiger partial charge in [0.05, 0.1) is 25.5 Å². The normalized spacial score (nSPS) is 11.1. The lowest BCUT2D eigenvalue weighted by atomic mass is 10.2. The molecule has 0 radical (unpaired) electrons. The zero-order valence-corrected chi connectivity index (χ0v) is 14.2. The minimum atomic E-state index is -0.713. The minimum Gasteiger partial charge on any atom is -0.394 e. The molecule has 9 nitrogen and oxygen atoms in total. The monoisotopic (exact) mass is 356 g/mol. The largest absolute Gasteiger partial charge is 0.394 e. The standard InChI is InChI=1S/C17H20N6O3/c1-11-3-2-4-12(5-11)21-16-15-14(19-9-20-16)6-18-17(22-15)23(10-26)13(7-24)8-25/h2-6,9,13,24-26H,7-8,10H2,1H3,(H,19,20,21). The fourth-order valence-corrected chi connectivity index (χ4v) is 2.53. The van der Waals surface area contributed by atoms with Crippen molar-refractivity contribution < 1.29 is 15.3 Å². The number of hydrogen-bond acceptors (Lipinski definition) is 9. The summed E-state index contributed by atoms with van der Waals surface area (Å²) in [6.07, 6.45) is 2.92. The Kier molecular flexibility index (Phi) is 5.52. The number of aromatic nitrogens is 4. The highest BCUT2D eigenvalue weighted by atomic mass is 16.3. The molecule has 0 amide bonds. The highest BCUT2D eigenvalue weighted by molar-refractivity contribution is 5.87. The van der Waals surface area contributed by atoms with Crippen molar-refractivity contribution in [2.24, 2.45) is 0 Å². The van der Waals surface area contributed by atoms with Crippen molar-refractivity contribution in [1.29, 1.82) is 0 Å².